The van der Waals surface area contributed by atoms with Crippen molar-refractivity contribution < 1.29 is 4.79 Å². The molecule has 2 rings (SSSR count). The lowest BCUT2D eigenvalue weighted by Gasteiger charge is -2.25. The van der Waals surface area contributed by atoms with E-state index in [-0.39, 0.29) is 35.9 Å². The van der Waals surface area contributed by atoms with E-state index in [1.54, 1.807) is 4.90 Å². The van der Waals surface area contributed by atoms with Crippen molar-refractivity contribution in [2.45, 2.75) is 58.0 Å². The maximum atomic E-state index is 12.3. The van der Waals surface area contributed by atoms with Gasteiger partial charge in [-0.25, -0.2) is 0 Å². The molecule has 0 spiro atoms. The van der Waals surface area contributed by atoms with Gasteiger partial charge in [-0.2, -0.15) is 0 Å². The summed E-state index contributed by atoms with van der Waals surface area (Å²) in [6.45, 7) is 7.85. The minimum absolute atomic E-state index is 0. The Morgan fingerprint density at radius 3 is 2.70 bits per heavy atom. The van der Waals surface area contributed by atoms with Crippen LogP contribution in [-0.4, -0.2) is 74.0 Å². The molecule has 0 saturated carbocycles. The number of aryl methyl sites for hydroxylation is 1. The third kappa shape index (κ3) is 9.20. The van der Waals surface area contributed by atoms with E-state index in [1.807, 2.05) is 14.1 Å². The van der Waals surface area contributed by atoms with Crippen molar-refractivity contribution in [1.29, 1.82) is 0 Å². The van der Waals surface area contributed by atoms with Crippen LogP contribution >= 0.6 is 24.0 Å². The molecule has 6 nitrogen and oxygen atoms in total. The molecule has 170 valence electrons. The van der Waals surface area contributed by atoms with E-state index in [0.717, 1.165) is 64.2 Å². The number of carbonyl (C=O) groups is 1. The zero-order valence-corrected chi connectivity index (χ0v) is 21.4. The Bertz CT molecular complexity index is 638. The average Bonchev–Trinajstić information content (AvgIpc) is 3.18. The molecule has 7 heteroatoms. The van der Waals surface area contributed by atoms with Crippen LogP contribution < -0.4 is 10.6 Å². The SMILES string of the molecule is CCNC(=NCCCN1CCCC1C(=O)N(C)C)NC(C)CCc1ccccc1.I. The summed E-state index contributed by atoms with van der Waals surface area (Å²) in [5.74, 6) is 1.11. The van der Waals surface area contributed by atoms with Crippen LogP contribution in [0.1, 0.15) is 45.1 Å². The van der Waals surface area contributed by atoms with Crippen molar-refractivity contribution in [2.24, 2.45) is 4.99 Å². The zero-order valence-electron chi connectivity index (χ0n) is 19.1. The fourth-order valence-electron chi connectivity index (χ4n) is 3.79. The molecule has 1 amide bonds. The lowest BCUT2D eigenvalue weighted by molar-refractivity contribution is -0.133. The van der Waals surface area contributed by atoms with Crippen molar-refractivity contribution >= 4 is 35.8 Å². The van der Waals surface area contributed by atoms with Crippen molar-refractivity contribution in [3.63, 3.8) is 0 Å². The van der Waals surface area contributed by atoms with Crippen LogP contribution in [0, 0.1) is 0 Å². The van der Waals surface area contributed by atoms with E-state index in [2.05, 4.69) is 59.7 Å². The molecule has 1 aromatic rings. The Labute approximate surface area is 199 Å². The summed E-state index contributed by atoms with van der Waals surface area (Å²) >= 11 is 0. The molecule has 30 heavy (non-hydrogen) atoms. The van der Waals surface area contributed by atoms with Crippen LogP contribution in [0.5, 0.6) is 0 Å². The first-order valence-electron chi connectivity index (χ1n) is 11.0. The Kier molecular flexibility index (Phi) is 13.0. The lowest BCUT2D eigenvalue weighted by Crippen LogP contribution is -2.43. The number of halogens is 1. The number of guanidine groups is 1. The quantitative estimate of drug-likeness (QED) is 0.212. The summed E-state index contributed by atoms with van der Waals surface area (Å²) in [7, 11) is 3.69. The van der Waals surface area contributed by atoms with Gasteiger partial charge in [-0.15, -0.1) is 24.0 Å². The summed E-state index contributed by atoms with van der Waals surface area (Å²) < 4.78 is 0. The summed E-state index contributed by atoms with van der Waals surface area (Å²) in [5.41, 5.74) is 1.37. The Morgan fingerprint density at radius 2 is 2.03 bits per heavy atom. The highest BCUT2D eigenvalue weighted by Crippen LogP contribution is 2.18. The minimum atomic E-state index is 0. The third-order valence-corrected chi connectivity index (χ3v) is 5.40. The lowest BCUT2D eigenvalue weighted by atomic mass is 10.1. The van der Waals surface area contributed by atoms with Gasteiger partial charge < -0.3 is 15.5 Å². The van der Waals surface area contributed by atoms with Crippen LogP contribution in [0.3, 0.4) is 0 Å². The molecule has 1 aliphatic rings. The Balaban J connectivity index is 0.00000450. The topological polar surface area (TPSA) is 60.0 Å². The number of carbonyl (C=O) groups excluding carboxylic acids is 1. The van der Waals surface area contributed by atoms with E-state index in [9.17, 15) is 4.79 Å². The Morgan fingerprint density at radius 1 is 1.30 bits per heavy atom. The van der Waals surface area contributed by atoms with Gasteiger partial charge in [0.25, 0.3) is 0 Å². The molecule has 0 aromatic heterocycles. The number of nitrogens with one attached hydrogen (secondary N) is 2. The number of aliphatic imine (C=N–C) groups is 1. The predicted molar refractivity (Wildman–Crippen MR) is 137 cm³/mol. The maximum Gasteiger partial charge on any atom is 0.239 e. The second kappa shape index (κ2) is 14.6. The fraction of sp³-hybridized carbons (Fsp3) is 0.652. The number of benzene rings is 1. The third-order valence-electron chi connectivity index (χ3n) is 5.40. The first-order valence-corrected chi connectivity index (χ1v) is 11.0. The van der Waals surface area contributed by atoms with Crippen molar-refractivity contribution in [3.05, 3.63) is 35.9 Å². The number of rotatable bonds is 10. The number of likely N-dealkylation sites (tertiary alicyclic amines) is 1. The standard InChI is InChI=1S/C23H39N5O.HI/c1-5-24-23(26-19(2)14-15-20-11-7-6-8-12-20)25-16-10-18-28-17-9-13-21(28)22(29)27(3)4;/h6-8,11-12,19,21H,5,9-10,13-18H2,1-4H3,(H2,24,25,26);1H. The van der Waals surface area contributed by atoms with Crippen LogP contribution in [-0.2, 0) is 11.2 Å². The van der Waals surface area contributed by atoms with Crippen LogP contribution in [0.25, 0.3) is 0 Å². The fourth-order valence-corrected chi connectivity index (χ4v) is 3.79. The van der Waals surface area contributed by atoms with Crippen molar-refractivity contribution in [3.8, 4) is 0 Å². The molecular weight excluding hydrogens is 489 g/mol. The molecular formula is C23H40IN5O. The number of hydrogen-bond donors (Lipinski definition) is 2. The van der Waals surface area contributed by atoms with Gasteiger partial charge in [0.1, 0.15) is 0 Å². The predicted octanol–water partition coefficient (Wildman–Crippen LogP) is 3.12. The number of likely N-dealkylation sites (N-methyl/N-ethyl adjacent to an activating group) is 1. The number of nitrogens with zero attached hydrogens (tertiary/aromatic N) is 3. The van der Waals surface area contributed by atoms with Crippen LogP contribution in [0.2, 0.25) is 0 Å². The van der Waals surface area contributed by atoms with Gasteiger partial charge in [0.05, 0.1) is 6.04 Å². The van der Waals surface area contributed by atoms with Gasteiger partial charge >= 0.3 is 0 Å². The van der Waals surface area contributed by atoms with E-state index >= 15 is 0 Å². The minimum Gasteiger partial charge on any atom is -0.357 e. The monoisotopic (exact) mass is 529 g/mol. The van der Waals surface area contributed by atoms with Gasteiger partial charge in [-0.1, -0.05) is 30.3 Å². The molecule has 0 radical (unpaired) electrons. The molecule has 1 fully saturated rings. The maximum absolute atomic E-state index is 12.3. The van der Waals surface area contributed by atoms with E-state index < -0.39 is 0 Å². The highest BCUT2D eigenvalue weighted by Gasteiger charge is 2.30. The highest BCUT2D eigenvalue weighted by molar-refractivity contribution is 14.0. The second-order valence-electron chi connectivity index (χ2n) is 8.11. The molecule has 1 saturated heterocycles. The van der Waals surface area contributed by atoms with Crippen LogP contribution in [0.4, 0.5) is 0 Å². The normalized spacial score (nSPS) is 17.9. The summed E-state index contributed by atoms with van der Waals surface area (Å²) in [4.78, 5) is 21.1. The smallest absolute Gasteiger partial charge is 0.239 e. The molecule has 0 aliphatic carbocycles. The molecule has 0 bridgehead atoms. The summed E-state index contributed by atoms with van der Waals surface area (Å²) in [5, 5.41) is 6.87. The van der Waals surface area contributed by atoms with Gasteiger partial charge in [0, 0.05) is 39.8 Å². The summed E-state index contributed by atoms with van der Waals surface area (Å²) in [6, 6.07) is 11.0. The van der Waals surface area contributed by atoms with E-state index in [0.29, 0.717) is 6.04 Å². The molecule has 1 aromatic carbocycles. The van der Waals surface area contributed by atoms with Gasteiger partial charge in [-0.3, -0.25) is 14.7 Å². The number of amides is 1. The molecule has 1 heterocycles. The first kappa shape index (κ1) is 26.7. The largest absolute Gasteiger partial charge is 0.357 e. The molecule has 2 atom stereocenters. The van der Waals surface area contributed by atoms with E-state index in [1.165, 1.54) is 5.56 Å². The van der Waals surface area contributed by atoms with Crippen molar-refractivity contribution in [1.82, 2.24) is 20.4 Å². The van der Waals surface area contributed by atoms with Crippen LogP contribution in [0.15, 0.2) is 35.3 Å². The molecule has 2 N–H and O–H groups in total. The second-order valence-corrected chi connectivity index (χ2v) is 8.11. The zero-order chi connectivity index (χ0) is 21.1. The van der Waals surface area contributed by atoms with E-state index in [4.69, 9.17) is 4.99 Å². The van der Waals surface area contributed by atoms with Gasteiger partial charge in [0.2, 0.25) is 5.91 Å². The molecule has 2 unspecified atom stereocenters. The molecule has 1 aliphatic heterocycles. The van der Waals surface area contributed by atoms with Crippen molar-refractivity contribution in [2.75, 3.05) is 40.3 Å². The van der Waals surface area contributed by atoms with Gasteiger partial charge in [0.15, 0.2) is 5.96 Å². The first-order chi connectivity index (χ1) is 14.0. The average molecular weight is 530 g/mol. The van der Waals surface area contributed by atoms with Gasteiger partial charge in [-0.05, 0) is 58.1 Å². The number of hydrogen-bond acceptors (Lipinski definition) is 3. The highest BCUT2D eigenvalue weighted by atomic mass is 127. The summed E-state index contributed by atoms with van der Waals surface area (Å²) in [6.07, 6.45) is 5.17. The Hall–Kier alpha value is -1.35.